The van der Waals surface area contributed by atoms with E-state index in [4.69, 9.17) is 16.1 Å². The van der Waals surface area contributed by atoms with E-state index >= 15 is 0 Å². The summed E-state index contributed by atoms with van der Waals surface area (Å²) >= 11 is 5.85. The number of aromatic nitrogens is 2. The van der Waals surface area contributed by atoms with Gasteiger partial charge < -0.3 is 9.84 Å². The number of halogens is 1. The Labute approximate surface area is 118 Å². The van der Waals surface area contributed by atoms with Crippen molar-refractivity contribution < 1.29 is 4.52 Å². The third kappa shape index (κ3) is 4.04. The molecule has 1 atom stereocenters. The average Bonchev–Trinajstić information content (AvgIpc) is 2.85. The molecule has 4 nitrogen and oxygen atoms in total. The van der Waals surface area contributed by atoms with Gasteiger partial charge in [-0.3, -0.25) is 0 Å². The highest BCUT2D eigenvalue weighted by Gasteiger charge is 2.11. The van der Waals surface area contributed by atoms with Gasteiger partial charge in [0.15, 0.2) is 0 Å². The van der Waals surface area contributed by atoms with Crippen LogP contribution in [0.1, 0.15) is 26.2 Å². The van der Waals surface area contributed by atoms with E-state index in [1.54, 1.807) is 0 Å². The van der Waals surface area contributed by atoms with Gasteiger partial charge in [0.05, 0.1) is 0 Å². The minimum absolute atomic E-state index is 0.332. The van der Waals surface area contributed by atoms with Gasteiger partial charge in [-0.15, -0.1) is 0 Å². The molecular weight excluding hydrogens is 262 g/mol. The molecule has 1 aromatic heterocycles. The van der Waals surface area contributed by atoms with Crippen molar-refractivity contribution in [3.05, 3.63) is 35.2 Å². The molecule has 1 unspecified atom stereocenters. The minimum Gasteiger partial charge on any atom is -0.339 e. The molecule has 2 rings (SSSR count). The van der Waals surface area contributed by atoms with Crippen LogP contribution in [0.5, 0.6) is 0 Å². The molecule has 0 saturated heterocycles. The normalized spacial score (nSPS) is 12.6. The van der Waals surface area contributed by atoms with Crippen molar-refractivity contribution in [3.8, 4) is 11.4 Å². The first-order chi connectivity index (χ1) is 9.19. The van der Waals surface area contributed by atoms with Gasteiger partial charge in [0.25, 0.3) is 0 Å². The molecule has 0 spiro atoms. The standard InChI is InChI=1S/C14H18ClN3O/c1-3-8-16-10(2)9-13-17-14(18-19-13)11-4-6-12(15)7-5-11/h4-7,10,16H,3,8-9H2,1-2H3. The van der Waals surface area contributed by atoms with Gasteiger partial charge in [0, 0.05) is 23.0 Å². The number of hydrogen-bond acceptors (Lipinski definition) is 4. The molecule has 0 fully saturated rings. The second-order valence-corrected chi connectivity index (χ2v) is 5.01. The lowest BCUT2D eigenvalue weighted by Gasteiger charge is -2.09. The predicted octanol–water partition coefficient (Wildman–Crippen LogP) is 3.32. The molecule has 2 aromatic rings. The van der Waals surface area contributed by atoms with E-state index < -0.39 is 0 Å². The lowest BCUT2D eigenvalue weighted by atomic mass is 10.2. The van der Waals surface area contributed by atoms with Crippen molar-refractivity contribution in [2.75, 3.05) is 6.54 Å². The van der Waals surface area contributed by atoms with E-state index in [0.29, 0.717) is 22.8 Å². The lowest BCUT2D eigenvalue weighted by molar-refractivity contribution is 0.362. The largest absolute Gasteiger partial charge is 0.339 e. The maximum atomic E-state index is 5.85. The molecule has 0 amide bonds. The van der Waals surface area contributed by atoms with Crippen LogP contribution in [-0.2, 0) is 6.42 Å². The molecule has 0 radical (unpaired) electrons. The number of hydrogen-bond donors (Lipinski definition) is 1. The maximum Gasteiger partial charge on any atom is 0.228 e. The van der Waals surface area contributed by atoms with Gasteiger partial charge in [-0.25, -0.2) is 0 Å². The fraction of sp³-hybridized carbons (Fsp3) is 0.429. The Kier molecular flexibility index (Phi) is 4.93. The summed E-state index contributed by atoms with van der Waals surface area (Å²) in [5.41, 5.74) is 0.911. The van der Waals surface area contributed by atoms with Gasteiger partial charge in [-0.05, 0) is 44.2 Å². The second-order valence-electron chi connectivity index (χ2n) is 4.58. The predicted molar refractivity (Wildman–Crippen MR) is 76.2 cm³/mol. The Morgan fingerprint density at radius 2 is 2.05 bits per heavy atom. The van der Waals surface area contributed by atoms with Crippen LogP contribution >= 0.6 is 11.6 Å². The topological polar surface area (TPSA) is 51.0 Å². The summed E-state index contributed by atoms with van der Waals surface area (Å²) in [5, 5.41) is 8.08. The Balaban J connectivity index is 2.00. The molecule has 0 aliphatic carbocycles. The molecule has 0 bridgehead atoms. The summed E-state index contributed by atoms with van der Waals surface area (Å²) in [6.45, 7) is 5.26. The third-order valence-electron chi connectivity index (χ3n) is 2.79. The van der Waals surface area contributed by atoms with E-state index in [-0.39, 0.29) is 0 Å². The van der Waals surface area contributed by atoms with Gasteiger partial charge >= 0.3 is 0 Å². The van der Waals surface area contributed by atoms with Crippen LogP contribution in [0.3, 0.4) is 0 Å². The zero-order valence-electron chi connectivity index (χ0n) is 11.2. The zero-order valence-corrected chi connectivity index (χ0v) is 11.9. The van der Waals surface area contributed by atoms with E-state index in [1.165, 1.54) is 0 Å². The highest BCUT2D eigenvalue weighted by molar-refractivity contribution is 6.30. The van der Waals surface area contributed by atoms with Gasteiger partial charge in [0.1, 0.15) is 0 Å². The Hall–Kier alpha value is -1.39. The summed E-state index contributed by atoms with van der Waals surface area (Å²) in [6.07, 6.45) is 1.85. The van der Waals surface area contributed by atoms with Crippen LogP contribution in [0.4, 0.5) is 0 Å². The minimum atomic E-state index is 0.332. The Morgan fingerprint density at radius 1 is 1.32 bits per heavy atom. The first kappa shape index (κ1) is 14.0. The van der Waals surface area contributed by atoms with Crippen molar-refractivity contribution in [1.82, 2.24) is 15.5 Å². The van der Waals surface area contributed by atoms with E-state index in [1.807, 2.05) is 24.3 Å². The first-order valence-electron chi connectivity index (χ1n) is 6.51. The third-order valence-corrected chi connectivity index (χ3v) is 3.05. The van der Waals surface area contributed by atoms with Crippen LogP contribution in [0.25, 0.3) is 11.4 Å². The molecule has 102 valence electrons. The Morgan fingerprint density at radius 3 is 2.74 bits per heavy atom. The first-order valence-corrected chi connectivity index (χ1v) is 6.88. The van der Waals surface area contributed by atoms with Crippen molar-refractivity contribution in [3.63, 3.8) is 0 Å². The van der Waals surface area contributed by atoms with Crippen molar-refractivity contribution in [1.29, 1.82) is 0 Å². The molecule has 19 heavy (non-hydrogen) atoms. The quantitative estimate of drug-likeness (QED) is 0.881. The molecule has 5 heteroatoms. The molecule has 1 aromatic carbocycles. The fourth-order valence-corrected chi connectivity index (χ4v) is 1.90. The number of nitrogens with zero attached hydrogens (tertiary/aromatic N) is 2. The van der Waals surface area contributed by atoms with E-state index in [0.717, 1.165) is 24.9 Å². The summed E-state index contributed by atoms with van der Waals surface area (Å²) in [7, 11) is 0. The van der Waals surface area contributed by atoms with Gasteiger partial charge in [-0.1, -0.05) is 23.7 Å². The van der Waals surface area contributed by atoms with E-state index in [2.05, 4.69) is 29.3 Å². The number of nitrogens with one attached hydrogen (secondary N) is 1. The van der Waals surface area contributed by atoms with Crippen LogP contribution in [0.2, 0.25) is 5.02 Å². The zero-order chi connectivity index (χ0) is 13.7. The van der Waals surface area contributed by atoms with Crippen LogP contribution in [0, 0.1) is 0 Å². The summed E-state index contributed by atoms with van der Waals surface area (Å²) in [4.78, 5) is 4.40. The smallest absolute Gasteiger partial charge is 0.228 e. The molecule has 1 heterocycles. The molecular formula is C14H18ClN3O. The number of rotatable bonds is 6. The summed E-state index contributed by atoms with van der Waals surface area (Å²) in [5.74, 6) is 1.26. The molecule has 0 saturated carbocycles. The molecule has 0 aliphatic rings. The number of benzene rings is 1. The van der Waals surface area contributed by atoms with Crippen LogP contribution < -0.4 is 5.32 Å². The molecule has 0 aliphatic heterocycles. The second kappa shape index (κ2) is 6.68. The monoisotopic (exact) mass is 279 g/mol. The van der Waals surface area contributed by atoms with Crippen LogP contribution in [0.15, 0.2) is 28.8 Å². The fourth-order valence-electron chi connectivity index (χ4n) is 1.78. The van der Waals surface area contributed by atoms with Gasteiger partial charge in [0.2, 0.25) is 11.7 Å². The maximum absolute atomic E-state index is 5.85. The Bertz CT molecular complexity index is 510. The molecule has 1 N–H and O–H groups in total. The summed E-state index contributed by atoms with van der Waals surface area (Å²) in [6, 6.07) is 7.74. The highest BCUT2D eigenvalue weighted by Crippen LogP contribution is 2.18. The van der Waals surface area contributed by atoms with E-state index in [9.17, 15) is 0 Å². The van der Waals surface area contributed by atoms with Crippen molar-refractivity contribution >= 4 is 11.6 Å². The average molecular weight is 280 g/mol. The summed E-state index contributed by atoms with van der Waals surface area (Å²) < 4.78 is 5.27. The SMILES string of the molecule is CCCNC(C)Cc1nc(-c2ccc(Cl)cc2)no1. The van der Waals surface area contributed by atoms with Crippen molar-refractivity contribution in [2.45, 2.75) is 32.7 Å². The lowest BCUT2D eigenvalue weighted by Crippen LogP contribution is -2.28. The van der Waals surface area contributed by atoms with Crippen molar-refractivity contribution in [2.24, 2.45) is 0 Å². The highest BCUT2D eigenvalue weighted by atomic mass is 35.5. The van der Waals surface area contributed by atoms with Gasteiger partial charge in [-0.2, -0.15) is 4.98 Å². The van der Waals surface area contributed by atoms with Crippen LogP contribution in [-0.4, -0.2) is 22.7 Å².